The van der Waals surface area contributed by atoms with Gasteiger partial charge in [-0.1, -0.05) is 29.8 Å². The number of aromatic nitrogens is 2. The van der Waals surface area contributed by atoms with Gasteiger partial charge in [0.25, 0.3) is 10.0 Å². The van der Waals surface area contributed by atoms with Crippen molar-refractivity contribution in [1.82, 2.24) is 9.78 Å². The molecule has 0 fully saturated rings. The molecule has 0 amide bonds. The number of benzene rings is 2. The molecule has 0 aliphatic carbocycles. The SMILES string of the molecule is COc1ccc(S(=O)(=O)Nc2cnn(Cc3ccccc3Cl)c2)c(OC)c1. The Bertz CT molecular complexity index is 1050. The first kappa shape index (κ1) is 19.1. The van der Waals surface area contributed by atoms with E-state index in [-0.39, 0.29) is 10.6 Å². The number of halogens is 1. The number of ether oxygens (including phenoxy) is 2. The quantitative estimate of drug-likeness (QED) is 0.649. The summed E-state index contributed by atoms with van der Waals surface area (Å²) in [6, 6.07) is 11.9. The maximum absolute atomic E-state index is 12.7. The molecule has 2 aromatic carbocycles. The minimum Gasteiger partial charge on any atom is -0.497 e. The van der Waals surface area contributed by atoms with Crippen LogP contribution < -0.4 is 14.2 Å². The molecule has 9 heteroatoms. The summed E-state index contributed by atoms with van der Waals surface area (Å²) >= 11 is 6.15. The molecule has 142 valence electrons. The molecule has 0 unspecified atom stereocenters. The maximum Gasteiger partial charge on any atom is 0.265 e. The van der Waals surface area contributed by atoms with Crippen LogP contribution in [0, 0.1) is 0 Å². The molecule has 0 aliphatic rings. The number of sulfonamides is 1. The van der Waals surface area contributed by atoms with Gasteiger partial charge in [-0.3, -0.25) is 9.40 Å². The number of hydrogen-bond donors (Lipinski definition) is 1. The zero-order valence-corrected chi connectivity index (χ0v) is 16.3. The highest BCUT2D eigenvalue weighted by Gasteiger charge is 2.21. The van der Waals surface area contributed by atoms with Crippen molar-refractivity contribution in [3.8, 4) is 11.5 Å². The van der Waals surface area contributed by atoms with E-state index >= 15 is 0 Å². The largest absolute Gasteiger partial charge is 0.497 e. The van der Waals surface area contributed by atoms with Gasteiger partial charge in [-0.15, -0.1) is 0 Å². The Labute approximate surface area is 162 Å². The third kappa shape index (κ3) is 4.35. The molecule has 0 saturated carbocycles. The van der Waals surface area contributed by atoms with E-state index in [2.05, 4.69) is 9.82 Å². The highest BCUT2D eigenvalue weighted by Crippen LogP contribution is 2.29. The molecule has 0 atom stereocenters. The normalized spacial score (nSPS) is 11.2. The highest BCUT2D eigenvalue weighted by atomic mass is 35.5. The third-order valence-electron chi connectivity index (χ3n) is 3.84. The van der Waals surface area contributed by atoms with Crippen LogP contribution in [0.15, 0.2) is 59.8 Å². The van der Waals surface area contributed by atoms with Crippen LogP contribution in [-0.4, -0.2) is 32.4 Å². The number of hydrogen-bond acceptors (Lipinski definition) is 5. The summed E-state index contributed by atoms with van der Waals surface area (Å²) in [5.74, 6) is 0.684. The third-order valence-corrected chi connectivity index (χ3v) is 5.63. The second kappa shape index (κ2) is 7.89. The van der Waals surface area contributed by atoms with Crippen LogP contribution >= 0.6 is 11.6 Å². The zero-order valence-electron chi connectivity index (χ0n) is 14.7. The molecule has 0 spiro atoms. The average molecular weight is 408 g/mol. The lowest BCUT2D eigenvalue weighted by Crippen LogP contribution is -2.13. The van der Waals surface area contributed by atoms with Gasteiger partial charge in [-0.25, -0.2) is 8.42 Å². The molecule has 27 heavy (non-hydrogen) atoms. The van der Waals surface area contributed by atoms with Crippen LogP contribution in [0.2, 0.25) is 5.02 Å². The van der Waals surface area contributed by atoms with Crippen molar-refractivity contribution < 1.29 is 17.9 Å². The summed E-state index contributed by atoms with van der Waals surface area (Å²) in [4.78, 5) is 0.00431. The summed E-state index contributed by atoms with van der Waals surface area (Å²) in [6.45, 7) is 0.424. The second-order valence-electron chi connectivity index (χ2n) is 5.64. The van der Waals surface area contributed by atoms with Gasteiger partial charge in [0.15, 0.2) is 0 Å². The zero-order chi connectivity index (χ0) is 19.4. The molecule has 0 saturated heterocycles. The van der Waals surface area contributed by atoms with Gasteiger partial charge in [-0.2, -0.15) is 5.10 Å². The molecule has 0 aliphatic heterocycles. The molecule has 3 aromatic rings. The minimum absolute atomic E-state index is 0.00431. The van der Waals surface area contributed by atoms with Crippen molar-refractivity contribution in [3.63, 3.8) is 0 Å². The van der Waals surface area contributed by atoms with Gasteiger partial charge in [-0.05, 0) is 23.8 Å². The monoisotopic (exact) mass is 407 g/mol. The molecule has 0 bridgehead atoms. The fourth-order valence-electron chi connectivity index (χ4n) is 2.51. The number of rotatable bonds is 7. The maximum atomic E-state index is 12.7. The minimum atomic E-state index is -3.86. The molecule has 1 heterocycles. The lowest BCUT2D eigenvalue weighted by molar-refractivity contribution is 0.386. The summed E-state index contributed by atoms with van der Waals surface area (Å²) < 4.78 is 39.8. The molecule has 1 N–H and O–H groups in total. The van der Waals surface area contributed by atoms with E-state index in [4.69, 9.17) is 21.1 Å². The van der Waals surface area contributed by atoms with Crippen molar-refractivity contribution >= 4 is 27.3 Å². The predicted molar refractivity (Wildman–Crippen MR) is 103 cm³/mol. The summed E-state index contributed by atoms with van der Waals surface area (Å²) in [7, 11) is -0.966. The van der Waals surface area contributed by atoms with Gasteiger partial charge >= 0.3 is 0 Å². The van der Waals surface area contributed by atoms with E-state index < -0.39 is 10.0 Å². The lowest BCUT2D eigenvalue weighted by atomic mass is 10.2. The molecule has 0 radical (unpaired) electrons. The van der Waals surface area contributed by atoms with E-state index in [0.29, 0.717) is 23.0 Å². The number of methoxy groups -OCH3 is 2. The summed E-state index contributed by atoms with van der Waals surface area (Å²) in [6.07, 6.45) is 3.03. The highest BCUT2D eigenvalue weighted by molar-refractivity contribution is 7.92. The molecule has 3 rings (SSSR count). The van der Waals surface area contributed by atoms with Gasteiger partial charge in [0.05, 0.1) is 32.6 Å². The summed E-state index contributed by atoms with van der Waals surface area (Å²) in [5, 5.41) is 4.80. The van der Waals surface area contributed by atoms with Crippen LogP contribution in [0.25, 0.3) is 0 Å². The van der Waals surface area contributed by atoms with Crippen molar-refractivity contribution in [1.29, 1.82) is 0 Å². The van der Waals surface area contributed by atoms with Crippen molar-refractivity contribution in [3.05, 3.63) is 65.4 Å². The standard InChI is InChI=1S/C18H18ClN3O4S/c1-25-15-7-8-18(17(9-15)26-2)27(23,24)21-14-10-20-22(12-14)11-13-5-3-4-6-16(13)19/h3-10,12,21H,11H2,1-2H3. The Balaban J connectivity index is 1.81. The Hall–Kier alpha value is -2.71. The summed E-state index contributed by atoms with van der Waals surface area (Å²) in [5.41, 5.74) is 1.22. The topological polar surface area (TPSA) is 82.5 Å². The van der Waals surface area contributed by atoms with Gasteiger partial charge in [0.1, 0.15) is 16.4 Å². The van der Waals surface area contributed by atoms with Crippen molar-refractivity contribution in [2.24, 2.45) is 0 Å². The Kier molecular flexibility index (Phi) is 5.57. The molecule has 1 aromatic heterocycles. The van der Waals surface area contributed by atoms with E-state index in [1.54, 1.807) is 23.0 Å². The Morgan fingerprint density at radius 2 is 1.93 bits per heavy atom. The second-order valence-corrected chi connectivity index (χ2v) is 7.70. The number of anilines is 1. The van der Waals surface area contributed by atoms with E-state index in [1.165, 1.54) is 32.5 Å². The fraction of sp³-hybridized carbons (Fsp3) is 0.167. The molecule has 7 nitrogen and oxygen atoms in total. The van der Waals surface area contributed by atoms with Crippen LogP contribution in [0.1, 0.15) is 5.56 Å². The predicted octanol–water partition coefficient (Wildman–Crippen LogP) is 3.40. The fourth-order valence-corrected chi connectivity index (χ4v) is 3.89. The van der Waals surface area contributed by atoms with Crippen LogP contribution in [-0.2, 0) is 16.6 Å². The van der Waals surface area contributed by atoms with Gasteiger partial charge in [0.2, 0.25) is 0 Å². The van der Waals surface area contributed by atoms with Gasteiger partial charge < -0.3 is 9.47 Å². The first-order valence-corrected chi connectivity index (χ1v) is 9.80. The number of nitrogens with one attached hydrogen (secondary N) is 1. The Morgan fingerprint density at radius 1 is 1.15 bits per heavy atom. The average Bonchev–Trinajstić information content (AvgIpc) is 3.09. The van der Waals surface area contributed by atoms with Gasteiger partial charge in [0, 0.05) is 17.3 Å². The molecular formula is C18H18ClN3O4S. The van der Waals surface area contributed by atoms with Crippen molar-refractivity contribution in [2.45, 2.75) is 11.4 Å². The number of nitrogens with zero attached hydrogens (tertiary/aromatic N) is 2. The van der Waals surface area contributed by atoms with E-state index in [9.17, 15) is 8.42 Å². The van der Waals surface area contributed by atoms with E-state index in [1.807, 2.05) is 18.2 Å². The first-order chi connectivity index (χ1) is 12.9. The van der Waals surface area contributed by atoms with Crippen molar-refractivity contribution in [2.75, 3.05) is 18.9 Å². The van der Waals surface area contributed by atoms with Crippen LogP contribution in [0.4, 0.5) is 5.69 Å². The molecular weight excluding hydrogens is 390 g/mol. The smallest absolute Gasteiger partial charge is 0.265 e. The van der Waals surface area contributed by atoms with Crippen LogP contribution in [0.3, 0.4) is 0 Å². The van der Waals surface area contributed by atoms with Crippen LogP contribution in [0.5, 0.6) is 11.5 Å². The Morgan fingerprint density at radius 3 is 2.63 bits per heavy atom. The van der Waals surface area contributed by atoms with E-state index in [0.717, 1.165) is 5.56 Å². The lowest BCUT2D eigenvalue weighted by Gasteiger charge is -2.11. The first-order valence-electron chi connectivity index (χ1n) is 7.93.